The minimum Gasteiger partial charge on any atom is -0.497 e. The summed E-state index contributed by atoms with van der Waals surface area (Å²) in [4.78, 5) is 0. The molecule has 0 amide bonds. The summed E-state index contributed by atoms with van der Waals surface area (Å²) in [7, 11) is 7.10. The van der Waals surface area contributed by atoms with Crippen molar-refractivity contribution in [3.8, 4) is 39.6 Å². The van der Waals surface area contributed by atoms with Gasteiger partial charge in [0.1, 0.15) is 17.2 Å². The highest BCUT2D eigenvalue weighted by Crippen LogP contribution is 2.43. The number of nitrogens with zero attached hydrogens (tertiary/aromatic N) is 1. The Bertz CT molecular complexity index is 1160. The predicted octanol–water partition coefficient (Wildman–Crippen LogP) is 6.30. The fourth-order valence-electron chi connectivity index (χ4n) is 3.75. The molecule has 1 aromatic heterocycles. The number of fused-ring (bicyclic) bond motifs is 1. The minimum absolute atomic E-state index is 0.756. The van der Waals surface area contributed by atoms with Crippen LogP contribution >= 0.6 is 15.9 Å². The third-order valence-corrected chi connectivity index (χ3v) is 5.66. The molecule has 1 heterocycles. The summed E-state index contributed by atoms with van der Waals surface area (Å²) in [5.41, 5.74) is 5.55. The van der Waals surface area contributed by atoms with Crippen LogP contribution in [0.4, 0.5) is 0 Å². The maximum atomic E-state index is 5.51. The number of hydrogen-bond acceptors (Lipinski definition) is 3. The normalized spacial score (nSPS) is 10.9. The molecule has 0 fully saturated rings. The first-order chi connectivity index (χ1) is 14.0. The fourth-order valence-corrected chi connectivity index (χ4v) is 4.11. The summed E-state index contributed by atoms with van der Waals surface area (Å²) >= 11 is 3.63. The Morgan fingerprint density at radius 3 is 1.90 bits per heavy atom. The minimum atomic E-state index is 0.756. The largest absolute Gasteiger partial charge is 0.497 e. The Morgan fingerprint density at radius 2 is 1.31 bits per heavy atom. The Kier molecular flexibility index (Phi) is 5.24. The molecule has 0 bridgehead atoms. The van der Waals surface area contributed by atoms with Gasteiger partial charge in [0.05, 0.1) is 27.0 Å². The van der Waals surface area contributed by atoms with Crippen LogP contribution < -0.4 is 14.2 Å². The van der Waals surface area contributed by atoms with Crippen molar-refractivity contribution in [2.24, 2.45) is 7.05 Å². The van der Waals surface area contributed by atoms with Crippen LogP contribution in [0.15, 0.2) is 65.1 Å². The number of hydrogen-bond donors (Lipinski definition) is 0. The standard InChI is InChI=1S/C24H22BrNO3/c1-26-22-10-7-17(25)13-21(22)23(15-5-8-18(27-2)9-6-15)24(26)16-11-19(28-3)14-20(12-16)29-4/h5-14H,1-4H3. The average molecular weight is 452 g/mol. The molecule has 4 rings (SSSR count). The van der Waals surface area contributed by atoms with E-state index in [0.29, 0.717) is 0 Å². The zero-order valence-electron chi connectivity index (χ0n) is 16.8. The first-order valence-corrected chi connectivity index (χ1v) is 10.0. The van der Waals surface area contributed by atoms with E-state index in [1.54, 1.807) is 21.3 Å². The van der Waals surface area contributed by atoms with Gasteiger partial charge in [-0.15, -0.1) is 0 Å². The van der Waals surface area contributed by atoms with E-state index in [1.165, 1.54) is 5.39 Å². The summed E-state index contributed by atoms with van der Waals surface area (Å²) in [6.07, 6.45) is 0. The first kappa shape index (κ1) is 19.4. The zero-order valence-corrected chi connectivity index (χ0v) is 18.4. The number of rotatable bonds is 5. The molecule has 5 heteroatoms. The van der Waals surface area contributed by atoms with Crippen molar-refractivity contribution in [2.75, 3.05) is 21.3 Å². The van der Waals surface area contributed by atoms with Gasteiger partial charge in [-0.25, -0.2) is 0 Å². The second kappa shape index (κ2) is 7.84. The summed E-state index contributed by atoms with van der Waals surface area (Å²) in [5, 5.41) is 1.17. The van der Waals surface area contributed by atoms with Gasteiger partial charge in [-0.1, -0.05) is 28.1 Å². The fraction of sp³-hybridized carbons (Fsp3) is 0.167. The Morgan fingerprint density at radius 1 is 0.690 bits per heavy atom. The lowest BCUT2D eigenvalue weighted by atomic mass is 9.98. The van der Waals surface area contributed by atoms with Crippen molar-refractivity contribution in [3.05, 3.63) is 65.1 Å². The Labute approximate surface area is 178 Å². The summed E-state index contributed by atoms with van der Waals surface area (Å²) in [6, 6.07) is 20.5. The molecule has 0 unspecified atom stereocenters. The van der Waals surface area contributed by atoms with Crippen molar-refractivity contribution in [3.63, 3.8) is 0 Å². The van der Waals surface area contributed by atoms with Gasteiger partial charge in [0.15, 0.2) is 0 Å². The van der Waals surface area contributed by atoms with Gasteiger partial charge in [0, 0.05) is 39.6 Å². The van der Waals surface area contributed by atoms with Crippen molar-refractivity contribution < 1.29 is 14.2 Å². The molecule has 0 saturated heterocycles. The molecule has 0 aliphatic rings. The molecule has 0 spiro atoms. The van der Waals surface area contributed by atoms with Gasteiger partial charge in [-0.3, -0.25) is 0 Å². The monoisotopic (exact) mass is 451 g/mol. The van der Waals surface area contributed by atoms with Crippen molar-refractivity contribution in [1.82, 2.24) is 4.57 Å². The molecule has 0 aliphatic heterocycles. The van der Waals surface area contributed by atoms with Gasteiger partial charge >= 0.3 is 0 Å². The van der Waals surface area contributed by atoms with Crippen LogP contribution in [0, 0.1) is 0 Å². The highest BCUT2D eigenvalue weighted by Gasteiger charge is 2.20. The van der Waals surface area contributed by atoms with E-state index in [-0.39, 0.29) is 0 Å². The molecular formula is C24H22BrNO3. The van der Waals surface area contributed by atoms with Gasteiger partial charge in [0.2, 0.25) is 0 Å². The molecule has 148 valence electrons. The summed E-state index contributed by atoms with van der Waals surface area (Å²) in [5.74, 6) is 2.35. The second-order valence-corrected chi connectivity index (χ2v) is 7.69. The topological polar surface area (TPSA) is 32.6 Å². The van der Waals surface area contributed by atoms with E-state index in [2.05, 4.69) is 57.9 Å². The van der Waals surface area contributed by atoms with Crippen molar-refractivity contribution in [1.29, 1.82) is 0 Å². The lowest BCUT2D eigenvalue weighted by Crippen LogP contribution is -1.95. The molecule has 29 heavy (non-hydrogen) atoms. The third-order valence-electron chi connectivity index (χ3n) is 5.17. The highest BCUT2D eigenvalue weighted by atomic mass is 79.9. The number of ether oxygens (including phenoxy) is 3. The molecule has 4 aromatic rings. The molecule has 3 aromatic carbocycles. The predicted molar refractivity (Wildman–Crippen MR) is 121 cm³/mol. The van der Waals surface area contributed by atoms with Gasteiger partial charge in [-0.05, 0) is 48.0 Å². The van der Waals surface area contributed by atoms with Gasteiger partial charge in [0.25, 0.3) is 0 Å². The smallest absolute Gasteiger partial charge is 0.123 e. The van der Waals surface area contributed by atoms with E-state index in [9.17, 15) is 0 Å². The van der Waals surface area contributed by atoms with Crippen molar-refractivity contribution in [2.45, 2.75) is 0 Å². The first-order valence-electron chi connectivity index (χ1n) is 9.21. The zero-order chi connectivity index (χ0) is 20.5. The number of aryl methyl sites for hydroxylation is 1. The number of methoxy groups -OCH3 is 3. The lowest BCUT2D eigenvalue weighted by Gasteiger charge is -2.13. The van der Waals surface area contributed by atoms with E-state index < -0.39 is 0 Å². The van der Waals surface area contributed by atoms with Crippen LogP contribution in [0.2, 0.25) is 0 Å². The summed E-state index contributed by atoms with van der Waals surface area (Å²) in [6.45, 7) is 0. The van der Waals surface area contributed by atoms with Gasteiger partial charge in [-0.2, -0.15) is 0 Å². The lowest BCUT2D eigenvalue weighted by molar-refractivity contribution is 0.394. The third kappa shape index (κ3) is 3.47. The summed E-state index contributed by atoms with van der Waals surface area (Å²) < 4.78 is 19.6. The molecule has 0 aliphatic carbocycles. The molecule has 0 saturated carbocycles. The van der Waals surface area contributed by atoms with Crippen LogP contribution in [0.3, 0.4) is 0 Å². The van der Waals surface area contributed by atoms with Crippen LogP contribution in [0.5, 0.6) is 17.2 Å². The van der Waals surface area contributed by atoms with E-state index in [1.807, 2.05) is 30.3 Å². The number of halogens is 1. The maximum Gasteiger partial charge on any atom is 0.123 e. The van der Waals surface area contributed by atoms with Crippen molar-refractivity contribution >= 4 is 26.8 Å². The molecule has 0 N–H and O–H groups in total. The maximum absolute atomic E-state index is 5.51. The van der Waals surface area contributed by atoms with Crippen LogP contribution in [-0.2, 0) is 7.05 Å². The SMILES string of the molecule is COc1ccc(-c2c(-c3cc(OC)cc(OC)c3)n(C)c3ccc(Br)cc23)cc1. The Balaban J connectivity index is 2.07. The van der Waals surface area contributed by atoms with E-state index >= 15 is 0 Å². The van der Waals surface area contributed by atoms with Gasteiger partial charge < -0.3 is 18.8 Å². The second-order valence-electron chi connectivity index (χ2n) is 6.77. The Hall–Kier alpha value is -2.92. The van der Waals surface area contributed by atoms with Crippen LogP contribution in [0.1, 0.15) is 0 Å². The van der Waals surface area contributed by atoms with Crippen LogP contribution in [-0.4, -0.2) is 25.9 Å². The number of aromatic nitrogens is 1. The molecule has 0 radical (unpaired) electrons. The molecule has 4 nitrogen and oxygen atoms in total. The van der Waals surface area contributed by atoms with E-state index in [4.69, 9.17) is 14.2 Å². The van der Waals surface area contributed by atoms with E-state index in [0.717, 1.165) is 49.6 Å². The average Bonchev–Trinajstić information content (AvgIpc) is 3.04. The highest BCUT2D eigenvalue weighted by molar-refractivity contribution is 9.10. The number of benzene rings is 3. The van der Waals surface area contributed by atoms with Crippen LogP contribution in [0.25, 0.3) is 33.3 Å². The molecular weight excluding hydrogens is 430 g/mol. The quantitative estimate of drug-likeness (QED) is 0.356. The molecule has 0 atom stereocenters.